The Kier molecular flexibility index (Phi) is 6.13. The van der Waals surface area contributed by atoms with E-state index in [-0.39, 0.29) is 47.4 Å². The maximum Gasteiger partial charge on any atom is 0.241 e. The Morgan fingerprint density at radius 2 is 1.57 bits per heavy atom. The summed E-state index contributed by atoms with van der Waals surface area (Å²) in [4.78, 5) is 58.8. The van der Waals surface area contributed by atoms with Crippen molar-refractivity contribution in [3.8, 4) is 5.75 Å². The van der Waals surface area contributed by atoms with Gasteiger partial charge in [0.15, 0.2) is 0 Å². The normalized spacial score (nSPS) is 30.2. The van der Waals surface area contributed by atoms with Gasteiger partial charge in [-0.1, -0.05) is 77.8 Å². The molecule has 3 aromatic rings. The second-order valence-corrected chi connectivity index (χ2v) is 12.4. The van der Waals surface area contributed by atoms with E-state index in [1.807, 2.05) is 49.4 Å². The molecule has 7 rings (SSSR count). The molecule has 7 nitrogen and oxygen atoms in total. The first kappa shape index (κ1) is 26.7. The summed E-state index contributed by atoms with van der Waals surface area (Å²) in [6.45, 7) is 2.02. The molecule has 8 heteroatoms. The Balaban J connectivity index is 1.35. The van der Waals surface area contributed by atoms with Crippen LogP contribution in [0.5, 0.6) is 5.75 Å². The van der Waals surface area contributed by atoms with Gasteiger partial charge in [-0.3, -0.25) is 24.1 Å². The largest absolute Gasteiger partial charge is 0.508 e. The van der Waals surface area contributed by atoms with Crippen molar-refractivity contribution in [3.05, 3.63) is 107 Å². The number of amides is 4. The van der Waals surface area contributed by atoms with Crippen LogP contribution in [-0.2, 0) is 25.7 Å². The molecule has 2 saturated heterocycles. The molecule has 1 saturated carbocycles. The molecule has 2 aliphatic carbocycles. The van der Waals surface area contributed by atoms with Gasteiger partial charge < -0.3 is 5.11 Å². The average Bonchev–Trinajstić information content (AvgIpc) is 3.34. The summed E-state index contributed by atoms with van der Waals surface area (Å²) in [5, 5.41) is 10.4. The van der Waals surface area contributed by atoms with E-state index in [9.17, 15) is 24.3 Å². The standard InChI is InChI=1S/C34H29ClN2O5/c1-34-26(31(40)37(33(34)42)20-10-6-3-7-11-20)17-25-22(29(34)23-13-12-21(38)16-27(23)35)14-15-24-28(25)32(41)36(30(24)39)18-19-8-4-2-5-9-19/h2-14,16,24-26,28-29,38H,15,17-18H2,1H3. The van der Waals surface area contributed by atoms with Gasteiger partial charge in [-0.15, -0.1) is 0 Å². The molecule has 0 radical (unpaired) electrons. The van der Waals surface area contributed by atoms with Crippen LogP contribution >= 0.6 is 11.6 Å². The van der Waals surface area contributed by atoms with Crippen LogP contribution in [0.15, 0.2) is 90.5 Å². The summed E-state index contributed by atoms with van der Waals surface area (Å²) in [7, 11) is 0. The van der Waals surface area contributed by atoms with Crippen molar-refractivity contribution >= 4 is 40.9 Å². The number of fused-ring (bicyclic) bond motifs is 4. The summed E-state index contributed by atoms with van der Waals surface area (Å²) >= 11 is 6.73. The molecular formula is C34H29ClN2O5. The van der Waals surface area contributed by atoms with Gasteiger partial charge in [-0.2, -0.15) is 0 Å². The number of anilines is 1. The molecule has 1 N–H and O–H groups in total. The Morgan fingerprint density at radius 3 is 2.26 bits per heavy atom. The third kappa shape index (κ3) is 3.72. The minimum atomic E-state index is -1.18. The number of aromatic hydroxyl groups is 1. The first-order valence-electron chi connectivity index (χ1n) is 14.2. The Labute approximate surface area is 248 Å². The summed E-state index contributed by atoms with van der Waals surface area (Å²) < 4.78 is 0. The third-order valence-electron chi connectivity index (χ3n) is 9.86. The molecule has 2 aliphatic heterocycles. The van der Waals surface area contributed by atoms with Gasteiger partial charge >= 0.3 is 0 Å². The lowest BCUT2D eigenvalue weighted by atomic mass is 9.51. The number of halogens is 1. The van der Waals surface area contributed by atoms with E-state index in [0.717, 1.165) is 11.1 Å². The molecule has 0 spiro atoms. The van der Waals surface area contributed by atoms with E-state index in [1.54, 1.807) is 30.3 Å². The number of nitrogens with zero attached hydrogens (tertiary/aromatic N) is 2. The third-order valence-corrected chi connectivity index (χ3v) is 10.2. The van der Waals surface area contributed by atoms with E-state index >= 15 is 0 Å². The highest BCUT2D eigenvalue weighted by Gasteiger charge is 2.67. The molecule has 4 amide bonds. The fraction of sp³-hybridized carbons (Fsp3) is 0.294. The second kappa shape index (κ2) is 9.66. The van der Waals surface area contributed by atoms with Crippen LogP contribution in [0.2, 0.25) is 5.02 Å². The van der Waals surface area contributed by atoms with Crippen LogP contribution in [0.25, 0.3) is 0 Å². The van der Waals surface area contributed by atoms with Crippen molar-refractivity contribution < 1.29 is 24.3 Å². The zero-order valence-electron chi connectivity index (χ0n) is 22.9. The van der Waals surface area contributed by atoms with Gasteiger partial charge in [0, 0.05) is 10.9 Å². The molecule has 42 heavy (non-hydrogen) atoms. The zero-order valence-corrected chi connectivity index (χ0v) is 23.7. The number of carbonyl (C=O) groups excluding carboxylic acids is 4. The maximum atomic E-state index is 14.4. The number of rotatable bonds is 4. The first-order valence-corrected chi connectivity index (χ1v) is 14.6. The smallest absolute Gasteiger partial charge is 0.241 e. The lowest BCUT2D eigenvalue weighted by Gasteiger charge is -2.49. The number of allylic oxidation sites excluding steroid dienone is 2. The van der Waals surface area contributed by atoms with E-state index in [0.29, 0.717) is 17.7 Å². The maximum absolute atomic E-state index is 14.4. The van der Waals surface area contributed by atoms with Crippen molar-refractivity contribution in [2.24, 2.45) is 29.1 Å². The summed E-state index contributed by atoms with van der Waals surface area (Å²) in [5.41, 5.74) is 1.66. The van der Waals surface area contributed by atoms with Crippen LogP contribution in [-0.4, -0.2) is 33.6 Å². The van der Waals surface area contributed by atoms with E-state index in [1.165, 1.54) is 21.9 Å². The molecule has 6 atom stereocenters. The van der Waals surface area contributed by atoms with E-state index in [4.69, 9.17) is 11.6 Å². The molecule has 0 bridgehead atoms. The highest BCUT2D eigenvalue weighted by Crippen LogP contribution is 2.64. The van der Waals surface area contributed by atoms with Gasteiger partial charge in [0.1, 0.15) is 5.75 Å². The van der Waals surface area contributed by atoms with Crippen molar-refractivity contribution in [3.63, 3.8) is 0 Å². The average molecular weight is 581 g/mol. The van der Waals surface area contributed by atoms with E-state index in [2.05, 4.69) is 0 Å². The number of phenols is 1. The Hall–Kier alpha value is -4.23. The number of imide groups is 2. The highest BCUT2D eigenvalue weighted by atomic mass is 35.5. The SMILES string of the molecule is CC12C(=O)N(c3ccccc3)C(=O)C1CC1C(=CCC3C(=O)N(Cc4ccccc4)C(=O)C31)C2c1ccc(O)cc1Cl. The fourth-order valence-electron chi connectivity index (χ4n) is 7.92. The lowest BCUT2D eigenvalue weighted by molar-refractivity contribution is -0.141. The predicted molar refractivity (Wildman–Crippen MR) is 156 cm³/mol. The molecule has 0 aromatic heterocycles. The fourth-order valence-corrected chi connectivity index (χ4v) is 8.20. The molecule has 4 aliphatic rings. The molecular weight excluding hydrogens is 552 g/mol. The van der Waals surface area contributed by atoms with Crippen molar-refractivity contribution in [2.45, 2.75) is 32.2 Å². The van der Waals surface area contributed by atoms with Crippen LogP contribution in [0.1, 0.15) is 36.8 Å². The summed E-state index contributed by atoms with van der Waals surface area (Å²) in [6, 6.07) is 23.0. The summed E-state index contributed by atoms with van der Waals surface area (Å²) in [5.74, 6) is -3.99. The van der Waals surface area contributed by atoms with Gasteiger partial charge in [0.25, 0.3) is 0 Å². The topological polar surface area (TPSA) is 95.0 Å². The number of hydrogen-bond donors (Lipinski definition) is 1. The van der Waals surface area contributed by atoms with Gasteiger partial charge in [-0.25, -0.2) is 4.90 Å². The van der Waals surface area contributed by atoms with Crippen LogP contribution in [0.4, 0.5) is 5.69 Å². The first-order chi connectivity index (χ1) is 20.2. The monoisotopic (exact) mass is 580 g/mol. The van der Waals surface area contributed by atoms with Crippen LogP contribution in [0.3, 0.4) is 0 Å². The van der Waals surface area contributed by atoms with Crippen LogP contribution < -0.4 is 4.90 Å². The number of likely N-dealkylation sites (tertiary alicyclic amines) is 1. The molecule has 3 fully saturated rings. The van der Waals surface area contributed by atoms with Gasteiger partial charge in [-0.05, 0) is 61.1 Å². The Bertz CT molecular complexity index is 1670. The minimum absolute atomic E-state index is 0.0108. The minimum Gasteiger partial charge on any atom is -0.508 e. The highest BCUT2D eigenvalue weighted by molar-refractivity contribution is 6.32. The van der Waals surface area contributed by atoms with Crippen molar-refractivity contribution in [1.82, 2.24) is 4.90 Å². The van der Waals surface area contributed by atoms with Gasteiger partial charge in [0.2, 0.25) is 23.6 Å². The molecule has 3 aromatic carbocycles. The molecule has 2 heterocycles. The molecule has 212 valence electrons. The number of carbonyl (C=O) groups is 4. The second-order valence-electron chi connectivity index (χ2n) is 12.0. The quantitative estimate of drug-likeness (QED) is 0.326. The van der Waals surface area contributed by atoms with Crippen molar-refractivity contribution in [1.29, 1.82) is 0 Å². The zero-order chi connectivity index (χ0) is 29.3. The summed E-state index contributed by atoms with van der Waals surface area (Å²) in [6.07, 6.45) is 2.65. The van der Waals surface area contributed by atoms with Crippen LogP contribution in [0, 0.1) is 29.1 Å². The number of para-hydroxylation sites is 1. The number of hydrogen-bond acceptors (Lipinski definition) is 5. The lowest BCUT2D eigenvalue weighted by Crippen LogP contribution is -2.49. The number of phenolic OH excluding ortho intramolecular Hbond substituents is 1. The Morgan fingerprint density at radius 1 is 0.881 bits per heavy atom. The predicted octanol–water partition coefficient (Wildman–Crippen LogP) is 5.48. The van der Waals surface area contributed by atoms with Gasteiger partial charge in [0.05, 0.1) is 35.4 Å². The van der Waals surface area contributed by atoms with Crippen molar-refractivity contribution in [2.75, 3.05) is 4.90 Å². The molecule has 6 unspecified atom stereocenters. The number of benzene rings is 3. The van der Waals surface area contributed by atoms with E-state index < -0.39 is 35.0 Å².